The molecule has 0 radical (unpaired) electrons. The lowest BCUT2D eigenvalue weighted by atomic mass is 9.93. The van der Waals surface area contributed by atoms with E-state index in [0.29, 0.717) is 6.42 Å². The number of benzene rings is 2. The molecule has 5 nitrogen and oxygen atoms in total. The van der Waals surface area contributed by atoms with Crippen LogP contribution in [0.2, 0.25) is 19.6 Å². The largest absolute Gasteiger partial charge is 0.286 e. The average molecular weight is 503 g/mol. The van der Waals surface area contributed by atoms with Gasteiger partial charge in [-0.3, -0.25) is 14.5 Å². The Morgan fingerprint density at radius 3 is 2.00 bits per heavy atom. The standard InChI is InChI=1S/C28H30N2O3SSi/c1-35(2,3)26(16-19-34(31,32)33)27-24(22-12-8-5-9-13-22)15-18-30-28(27)25-20-23(14-17-29-25)21-10-6-4-7-11-21/h4-15,17-18,20,26H,16,19H2,1-3H3,(H,31,32,33). The van der Waals surface area contributed by atoms with Crippen LogP contribution in [-0.2, 0) is 10.1 Å². The number of nitrogens with zero attached hydrogens (tertiary/aromatic N) is 2. The van der Waals surface area contributed by atoms with Gasteiger partial charge in [0, 0.05) is 12.4 Å². The van der Waals surface area contributed by atoms with Crippen molar-refractivity contribution in [2.75, 3.05) is 5.75 Å². The van der Waals surface area contributed by atoms with Gasteiger partial charge in [-0.05, 0) is 58.0 Å². The summed E-state index contributed by atoms with van der Waals surface area (Å²) in [4.78, 5) is 9.49. The minimum absolute atomic E-state index is 0.0643. The minimum Gasteiger partial charge on any atom is -0.286 e. The van der Waals surface area contributed by atoms with Crippen molar-refractivity contribution >= 4 is 18.2 Å². The summed E-state index contributed by atoms with van der Waals surface area (Å²) >= 11 is 0. The molecule has 0 aliphatic rings. The third-order valence-corrected chi connectivity index (χ3v) is 9.66. The molecule has 0 fully saturated rings. The van der Waals surface area contributed by atoms with Gasteiger partial charge in [-0.2, -0.15) is 8.42 Å². The van der Waals surface area contributed by atoms with Gasteiger partial charge in [0.2, 0.25) is 0 Å². The number of rotatable bonds is 8. The molecule has 0 bridgehead atoms. The van der Waals surface area contributed by atoms with E-state index < -0.39 is 18.2 Å². The van der Waals surface area contributed by atoms with Crippen molar-refractivity contribution in [3.63, 3.8) is 0 Å². The van der Waals surface area contributed by atoms with Gasteiger partial charge in [0.25, 0.3) is 10.1 Å². The van der Waals surface area contributed by atoms with Gasteiger partial charge < -0.3 is 0 Å². The van der Waals surface area contributed by atoms with E-state index in [9.17, 15) is 13.0 Å². The summed E-state index contributed by atoms with van der Waals surface area (Å²) in [5.74, 6) is -0.290. The van der Waals surface area contributed by atoms with Crippen LogP contribution >= 0.6 is 0 Å². The maximum absolute atomic E-state index is 11.7. The smallest absolute Gasteiger partial charge is 0.264 e. The third kappa shape index (κ3) is 6.11. The first-order valence-corrected chi connectivity index (χ1v) is 16.8. The molecule has 180 valence electrons. The highest BCUT2D eigenvalue weighted by atomic mass is 32.2. The van der Waals surface area contributed by atoms with Gasteiger partial charge in [0.1, 0.15) is 0 Å². The molecule has 0 aliphatic carbocycles. The molecule has 7 heteroatoms. The van der Waals surface area contributed by atoms with E-state index in [0.717, 1.165) is 39.2 Å². The van der Waals surface area contributed by atoms with Crippen molar-refractivity contribution in [2.24, 2.45) is 0 Å². The zero-order valence-corrected chi connectivity index (χ0v) is 22.0. The summed E-state index contributed by atoms with van der Waals surface area (Å²) in [5.41, 5.74) is 6.62. The fourth-order valence-corrected chi connectivity index (χ4v) is 7.46. The summed E-state index contributed by atoms with van der Waals surface area (Å²) in [6, 6.07) is 26.2. The van der Waals surface area contributed by atoms with Crippen molar-refractivity contribution in [3.05, 3.63) is 96.8 Å². The summed E-state index contributed by atoms with van der Waals surface area (Å²) in [7, 11) is -6.08. The highest BCUT2D eigenvalue weighted by Crippen LogP contribution is 2.42. The van der Waals surface area contributed by atoms with Gasteiger partial charge in [-0.15, -0.1) is 0 Å². The second-order valence-corrected chi connectivity index (χ2v) is 16.8. The fraction of sp³-hybridized carbons (Fsp3) is 0.214. The Morgan fingerprint density at radius 2 is 1.40 bits per heavy atom. The molecule has 4 aromatic rings. The molecule has 0 spiro atoms. The third-order valence-electron chi connectivity index (χ3n) is 6.24. The molecule has 1 N–H and O–H groups in total. The summed E-state index contributed by atoms with van der Waals surface area (Å²) < 4.78 is 33.1. The summed E-state index contributed by atoms with van der Waals surface area (Å²) in [5, 5.41) is 0. The lowest BCUT2D eigenvalue weighted by molar-refractivity contribution is 0.480. The van der Waals surface area contributed by atoms with Gasteiger partial charge in [-0.25, -0.2) is 0 Å². The van der Waals surface area contributed by atoms with Crippen molar-refractivity contribution in [2.45, 2.75) is 31.6 Å². The van der Waals surface area contributed by atoms with E-state index in [-0.39, 0.29) is 11.3 Å². The Morgan fingerprint density at radius 1 is 0.800 bits per heavy atom. The highest BCUT2D eigenvalue weighted by molar-refractivity contribution is 7.85. The summed E-state index contributed by atoms with van der Waals surface area (Å²) in [6.45, 7) is 6.67. The van der Waals surface area contributed by atoms with Crippen LogP contribution in [0.1, 0.15) is 17.5 Å². The first-order chi connectivity index (χ1) is 16.6. The zero-order valence-electron chi connectivity index (χ0n) is 20.2. The fourth-order valence-electron chi connectivity index (χ4n) is 4.55. The lowest BCUT2D eigenvalue weighted by Gasteiger charge is -2.32. The van der Waals surface area contributed by atoms with E-state index in [2.05, 4.69) is 48.9 Å². The van der Waals surface area contributed by atoms with Crippen LogP contribution in [0, 0.1) is 0 Å². The maximum Gasteiger partial charge on any atom is 0.264 e. The number of hydrogen-bond acceptors (Lipinski definition) is 4. The Bertz CT molecular complexity index is 1400. The number of pyridine rings is 2. The normalized spacial score (nSPS) is 12.9. The van der Waals surface area contributed by atoms with Crippen molar-refractivity contribution in [1.82, 2.24) is 9.97 Å². The molecule has 2 aromatic heterocycles. The van der Waals surface area contributed by atoms with Crippen LogP contribution in [0.25, 0.3) is 33.6 Å². The number of aromatic nitrogens is 2. The van der Waals surface area contributed by atoms with Crippen molar-refractivity contribution in [1.29, 1.82) is 0 Å². The molecule has 2 aromatic carbocycles. The molecule has 0 amide bonds. The van der Waals surface area contributed by atoms with Crippen LogP contribution in [0.5, 0.6) is 0 Å². The first-order valence-electron chi connectivity index (χ1n) is 11.6. The molecular formula is C28H30N2O3SSi. The number of hydrogen-bond donors (Lipinski definition) is 1. The van der Waals surface area contributed by atoms with Crippen LogP contribution in [0.15, 0.2) is 91.3 Å². The SMILES string of the molecule is C[Si](C)(C)C(CCS(=O)(=O)O)c1c(-c2ccccc2)ccnc1-c1cc(-c2ccccc2)ccn1. The Hall–Kier alpha value is -3.13. The van der Waals surface area contributed by atoms with Crippen molar-refractivity contribution in [3.8, 4) is 33.6 Å². The second kappa shape index (κ2) is 10.2. The average Bonchev–Trinajstić information content (AvgIpc) is 2.84. The van der Waals surface area contributed by atoms with Crippen LogP contribution < -0.4 is 0 Å². The lowest BCUT2D eigenvalue weighted by Crippen LogP contribution is -2.33. The molecular weight excluding hydrogens is 472 g/mol. The molecule has 1 unspecified atom stereocenters. The van der Waals surface area contributed by atoms with Crippen LogP contribution in [0.3, 0.4) is 0 Å². The molecule has 0 saturated heterocycles. The monoisotopic (exact) mass is 502 g/mol. The molecule has 35 heavy (non-hydrogen) atoms. The molecule has 1 atom stereocenters. The molecule has 4 rings (SSSR count). The zero-order chi connectivity index (χ0) is 25.1. The van der Waals surface area contributed by atoms with Gasteiger partial charge >= 0.3 is 0 Å². The van der Waals surface area contributed by atoms with E-state index in [1.807, 2.05) is 54.6 Å². The van der Waals surface area contributed by atoms with Gasteiger partial charge in [-0.1, -0.05) is 80.3 Å². The Labute approximate surface area is 208 Å². The van der Waals surface area contributed by atoms with Crippen LogP contribution in [-0.4, -0.2) is 36.8 Å². The van der Waals surface area contributed by atoms with E-state index in [4.69, 9.17) is 4.98 Å². The Balaban J connectivity index is 1.95. The van der Waals surface area contributed by atoms with Gasteiger partial charge in [0.05, 0.1) is 25.2 Å². The Kier molecular flexibility index (Phi) is 7.30. The first kappa shape index (κ1) is 25.0. The molecule has 0 aliphatic heterocycles. The summed E-state index contributed by atoms with van der Waals surface area (Å²) in [6.07, 6.45) is 3.91. The second-order valence-electron chi connectivity index (χ2n) is 9.78. The van der Waals surface area contributed by atoms with Crippen molar-refractivity contribution < 1.29 is 13.0 Å². The topological polar surface area (TPSA) is 80.2 Å². The van der Waals surface area contributed by atoms with E-state index >= 15 is 0 Å². The molecule has 2 heterocycles. The minimum atomic E-state index is -4.10. The van der Waals surface area contributed by atoms with E-state index in [1.165, 1.54) is 0 Å². The highest BCUT2D eigenvalue weighted by Gasteiger charge is 2.34. The van der Waals surface area contributed by atoms with Crippen LogP contribution in [0.4, 0.5) is 0 Å². The van der Waals surface area contributed by atoms with Gasteiger partial charge in [0.15, 0.2) is 0 Å². The van der Waals surface area contributed by atoms with E-state index in [1.54, 1.807) is 12.4 Å². The maximum atomic E-state index is 11.7. The molecule has 0 saturated carbocycles. The predicted molar refractivity (Wildman–Crippen MR) is 145 cm³/mol. The predicted octanol–water partition coefficient (Wildman–Crippen LogP) is 6.72. The quantitative estimate of drug-likeness (QED) is 0.214.